The summed E-state index contributed by atoms with van der Waals surface area (Å²) in [4.78, 5) is 38.3. The highest BCUT2D eigenvalue weighted by Crippen LogP contribution is 2.25. The first-order chi connectivity index (χ1) is 10.7. The maximum Gasteiger partial charge on any atom is 0.696 e. The van der Waals surface area contributed by atoms with E-state index in [-0.39, 0.29) is 26.9 Å². The lowest BCUT2D eigenvalue weighted by Gasteiger charge is -2.45. The molecule has 2 unspecified atom stereocenters. The molecule has 0 bridgehead atoms. The van der Waals surface area contributed by atoms with Gasteiger partial charge in [-0.3, -0.25) is 19.6 Å². The first kappa shape index (κ1) is 21.3. The monoisotopic (exact) mass is 395 g/mol. The minimum Gasteiger partial charge on any atom is -0.328 e. The molecular weight excluding hydrogens is 375 g/mol. The van der Waals surface area contributed by atoms with Crippen molar-refractivity contribution >= 4 is 25.1 Å². The van der Waals surface area contributed by atoms with E-state index in [9.17, 15) is 9.13 Å². The third-order valence-electron chi connectivity index (χ3n) is 2.93. The van der Waals surface area contributed by atoms with Crippen LogP contribution in [-0.2, 0) is 22.7 Å². The van der Waals surface area contributed by atoms with E-state index in [0.29, 0.717) is 13.1 Å². The summed E-state index contributed by atoms with van der Waals surface area (Å²) in [5.74, 6) is 0. The summed E-state index contributed by atoms with van der Waals surface area (Å²) in [6, 6.07) is 0. The van der Waals surface area contributed by atoms with Crippen LogP contribution in [0.25, 0.3) is 0 Å². The van der Waals surface area contributed by atoms with Crippen LogP contribution in [0.5, 0.6) is 0 Å². The Hall–Kier alpha value is 0.230. The number of rotatable bonds is 10. The van der Waals surface area contributed by atoms with Crippen molar-refractivity contribution in [2.45, 2.75) is 12.5 Å². The smallest absolute Gasteiger partial charge is 0.328 e. The molecule has 0 aromatic carbocycles. The molecule has 1 aliphatic heterocycles. The second kappa shape index (κ2) is 10.3. The quantitative estimate of drug-likeness (QED) is 0.235. The summed E-state index contributed by atoms with van der Waals surface area (Å²) in [6.07, 6.45) is 0. The Kier molecular flexibility index (Phi) is 9.50. The van der Waals surface area contributed by atoms with Crippen LogP contribution in [-0.4, -0.2) is 74.9 Å². The van der Waals surface area contributed by atoms with Gasteiger partial charge in [-0.25, -0.2) is 0 Å². The van der Waals surface area contributed by atoms with E-state index in [1.54, 1.807) is 9.80 Å². The molecule has 1 saturated heterocycles. The predicted molar refractivity (Wildman–Crippen MR) is 78.7 cm³/mol. The van der Waals surface area contributed by atoms with Crippen LogP contribution in [0, 0.1) is 0 Å². The fourth-order valence-electron chi connectivity index (χ4n) is 2.23. The maximum atomic E-state index is 10.6. The second-order valence-electron chi connectivity index (χ2n) is 5.05. The number of nitrogens with zero attached hydrogens (tertiary/aromatic N) is 2. The summed E-state index contributed by atoms with van der Waals surface area (Å²) in [6.45, 7) is 2.52. The average Bonchev–Trinajstić information content (AvgIpc) is 2.42. The molecule has 15 heteroatoms. The molecule has 1 heterocycles. The topological polar surface area (TPSA) is 161 Å². The first-order valence-corrected chi connectivity index (χ1v) is 9.71. The molecule has 0 aromatic heterocycles. The zero-order chi connectivity index (χ0) is 17.5. The van der Waals surface area contributed by atoms with Crippen molar-refractivity contribution < 1.29 is 42.3 Å². The predicted octanol–water partition coefficient (Wildman–Crippen LogP) is -0.657. The van der Waals surface area contributed by atoms with Gasteiger partial charge in [0.05, 0.1) is 6.67 Å². The van der Waals surface area contributed by atoms with Crippen molar-refractivity contribution in [2.24, 2.45) is 0 Å². The summed E-state index contributed by atoms with van der Waals surface area (Å²) >= 11 is 0. The van der Waals surface area contributed by atoms with Gasteiger partial charge in [0, 0.05) is 27.8 Å². The van der Waals surface area contributed by atoms with E-state index in [2.05, 4.69) is 18.9 Å². The maximum absolute atomic E-state index is 10.6. The largest absolute Gasteiger partial charge is 0.696 e. The van der Waals surface area contributed by atoms with Crippen molar-refractivity contribution in [1.82, 2.24) is 15.1 Å². The van der Waals surface area contributed by atoms with E-state index < -0.39 is 30.7 Å². The second-order valence-corrected chi connectivity index (χ2v) is 7.29. The highest BCUT2D eigenvalue weighted by Gasteiger charge is 2.37. The van der Waals surface area contributed by atoms with Crippen LogP contribution in [0.3, 0.4) is 0 Å². The third-order valence-corrected chi connectivity index (χ3v) is 3.96. The van der Waals surface area contributed by atoms with Crippen LogP contribution < -0.4 is 5.32 Å². The van der Waals surface area contributed by atoms with Gasteiger partial charge in [-0.05, 0) is 6.92 Å². The molecule has 23 heavy (non-hydrogen) atoms. The molecule has 0 saturated carbocycles. The Bertz CT molecular complexity index is 390. The molecule has 0 radical (unpaired) electrons. The van der Waals surface area contributed by atoms with Gasteiger partial charge in [-0.2, -0.15) is 0 Å². The number of hydrogen-bond acceptors (Lipinski definition) is 10. The van der Waals surface area contributed by atoms with E-state index >= 15 is 0 Å². The minimum atomic E-state index is -2.75. The highest BCUT2D eigenvalue weighted by atomic mass is 31.2. The van der Waals surface area contributed by atoms with E-state index in [1.165, 1.54) is 0 Å². The molecular formula is C8H20N3O9P3+2. The molecule has 0 aliphatic carbocycles. The van der Waals surface area contributed by atoms with Crippen LogP contribution in [0.15, 0.2) is 0 Å². The van der Waals surface area contributed by atoms with Crippen LogP contribution in [0.1, 0.15) is 6.92 Å². The Morgan fingerprint density at radius 1 is 1.13 bits per heavy atom. The van der Waals surface area contributed by atoms with Gasteiger partial charge in [0.15, 0.2) is 13.5 Å². The average molecular weight is 395 g/mol. The van der Waals surface area contributed by atoms with Crippen LogP contribution >= 0.6 is 25.1 Å². The normalized spacial score (nSPS) is 25.0. The molecule has 0 aromatic rings. The molecule has 1 fully saturated rings. The fourth-order valence-corrected chi connectivity index (χ4v) is 2.94. The van der Waals surface area contributed by atoms with Gasteiger partial charge in [0.25, 0.3) is 0 Å². The SMILES string of the molecule is CC1(NCOP(O)O)CN(CO[P+](=O)O)CN(CO[P+](=O)O)C1. The molecule has 0 spiro atoms. The van der Waals surface area contributed by atoms with Crippen molar-refractivity contribution in [1.29, 1.82) is 0 Å². The Balaban J connectivity index is 2.62. The van der Waals surface area contributed by atoms with Gasteiger partial charge in [-0.15, -0.1) is 18.8 Å². The van der Waals surface area contributed by atoms with Crippen molar-refractivity contribution in [2.75, 3.05) is 40.0 Å². The van der Waals surface area contributed by atoms with Gasteiger partial charge in [-0.1, -0.05) is 0 Å². The Labute approximate surface area is 135 Å². The lowest BCUT2D eigenvalue weighted by molar-refractivity contribution is -0.0469. The Morgan fingerprint density at radius 2 is 1.61 bits per heavy atom. The van der Waals surface area contributed by atoms with Crippen LogP contribution in [0.4, 0.5) is 0 Å². The summed E-state index contributed by atoms with van der Waals surface area (Å²) in [5.41, 5.74) is -0.613. The lowest BCUT2D eigenvalue weighted by Crippen LogP contribution is -2.64. The van der Waals surface area contributed by atoms with Gasteiger partial charge >= 0.3 is 25.1 Å². The first-order valence-electron chi connectivity index (χ1n) is 6.29. The number of nitrogens with one attached hydrogen (secondary N) is 1. The van der Waals surface area contributed by atoms with E-state index in [0.717, 1.165) is 0 Å². The van der Waals surface area contributed by atoms with E-state index in [4.69, 9.17) is 19.6 Å². The summed E-state index contributed by atoms with van der Waals surface area (Å²) in [5, 5.41) is 2.97. The molecule has 1 rings (SSSR count). The van der Waals surface area contributed by atoms with Crippen molar-refractivity contribution in [3.05, 3.63) is 0 Å². The molecule has 134 valence electrons. The zero-order valence-electron chi connectivity index (χ0n) is 12.3. The van der Waals surface area contributed by atoms with Crippen molar-refractivity contribution in [3.63, 3.8) is 0 Å². The Morgan fingerprint density at radius 3 is 2.00 bits per heavy atom. The molecule has 0 amide bonds. The standard InChI is InChI=1S/C8H18N3O9P3/c1-8(9-4-18-21(12)13)2-10(6-19-22(14)15)5-11(3-8)7-20-23(16)17/h9,12-13H,2-7H2,1H3/p+2. The third kappa shape index (κ3) is 9.33. The zero-order valence-corrected chi connectivity index (χ0v) is 15.0. The van der Waals surface area contributed by atoms with Crippen molar-refractivity contribution in [3.8, 4) is 0 Å². The molecule has 12 nitrogen and oxygen atoms in total. The minimum absolute atomic E-state index is 0.124. The summed E-state index contributed by atoms with van der Waals surface area (Å²) < 4.78 is 35.3. The fraction of sp³-hybridized carbons (Fsp3) is 1.00. The van der Waals surface area contributed by atoms with Gasteiger partial charge < -0.3 is 9.79 Å². The van der Waals surface area contributed by atoms with Gasteiger partial charge in [0.1, 0.15) is 6.73 Å². The highest BCUT2D eigenvalue weighted by molar-refractivity contribution is 7.39. The summed E-state index contributed by atoms with van der Waals surface area (Å²) in [7, 11) is -7.98. The molecule has 2 atom stereocenters. The number of hydrogen-bond donors (Lipinski definition) is 5. The molecule has 1 aliphatic rings. The van der Waals surface area contributed by atoms with E-state index in [1.807, 2.05) is 6.92 Å². The van der Waals surface area contributed by atoms with Gasteiger partial charge in [0.2, 0.25) is 0 Å². The lowest BCUT2D eigenvalue weighted by atomic mass is 9.99. The molecule has 5 N–H and O–H groups in total. The van der Waals surface area contributed by atoms with Crippen LogP contribution in [0.2, 0.25) is 0 Å².